The van der Waals surface area contributed by atoms with Gasteiger partial charge < -0.3 is 29.2 Å². The highest BCUT2D eigenvalue weighted by Gasteiger charge is 2.33. The monoisotopic (exact) mass is 607 g/mol. The number of nitrogens with zero attached hydrogens (tertiary/aromatic N) is 2. The molecule has 42 heavy (non-hydrogen) atoms. The summed E-state index contributed by atoms with van der Waals surface area (Å²) in [6.07, 6.45) is 2.11. The molecular formula is C32H31Cl2N3O5. The second-order valence-corrected chi connectivity index (χ2v) is 10.6. The predicted molar refractivity (Wildman–Crippen MR) is 161 cm³/mol. The molecular weight excluding hydrogens is 577 g/mol. The van der Waals surface area contributed by atoms with Gasteiger partial charge in [0.15, 0.2) is 11.4 Å². The van der Waals surface area contributed by atoms with Gasteiger partial charge in [-0.15, -0.1) is 0 Å². The summed E-state index contributed by atoms with van der Waals surface area (Å²) in [7, 11) is 0. The third-order valence-electron chi connectivity index (χ3n) is 7.01. The maximum Gasteiger partial charge on any atom is 0.407 e. The number of rotatable bonds is 10. The third-order valence-corrected chi connectivity index (χ3v) is 7.78. The molecule has 0 bridgehead atoms. The van der Waals surface area contributed by atoms with E-state index in [0.29, 0.717) is 24.7 Å². The molecule has 1 aromatic heterocycles. The van der Waals surface area contributed by atoms with Crippen molar-refractivity contribution < 1.29 is 24.1 Å². The lowest BCUT2D eigenvalue weighted by molar-refractivity contribution is -0.252. The molecule has 5 rings (SSSR count). The highest BCUT2D eigenvalue weighted by molar-refractivity contribution is 6.40. The van der Waals surface area contributed by atoms with Crippen molar-refractivity contribution in [2.45, 2.75) is 44.6 Å². The molecule has 1 aliphatic rings. The number of hydrogen-bond acceptors (Lipinski definition) is 6. The fourth-order valence-corrected chi connectivity index (χ4v) is 5.17. The second-order valence-electron chi connectivity index (χ2n) is 9.85. The Morgan fingerprint density at radius 2 is 1.81 bits per heavy atom. The quantitative estimate of drug-likeness (QED) is 0.188. The first-order chi connectivity index (χ1) is 20.4. The number of amides is 1. The van der Waals surface area contributed by atoms with Crippen LogP contribution >= 0.6 is 23.2 Å². The van der Waals surface area contributed by atoms with Gasteiger partial charge in [0, 0.05) is 18.5 Å². The Hall–Kier alpha value is -3.66. The van der Waals surface area contributed by atoms with E-state index >= 15 is 0 Å². The number of carbonyl (C=O) groups excluding carboxylic acids is 1. The summed E-state index contributed by atoms with van der Waals surface area (Å²) in [6, 6.07) is 23.6. The van der Waals surface area contributed by atoms with Gasteiger partial charge in [0.05, 0.1) is 31.7 Å². The Bertz CT molecular complexity index is 1510. The Morgan fingerprint density at radius 3 is 2.50 bits per heavy atom. The van der Waals surface area contributed by atoms with Gasteiger partial charge in [0.25, 0.3) is 0 Å². The summed E-state index contributed by atoms with van der Waals surface area (Å²) in [5.41, 5.74) is 5.61. The van der Waals surface area contributed by atoms with Crippen molar-refractivity contribution in [3.63, 3.8) is 0 Å². The van der Waals surface area contributed by atoms with E-state index < -0.39 is 12.4 Å². The predicted octanol–water partition coefficient (Wildman–Crippen LogP) is 7.01. The smallest absolute Gasteiger partial charge is 0.407 e. The number of nitrogens with one attached hydrogen (secondary N) is 1. The van der Waals surface area contributed by atoms with Crippen molar-refractivity contribution in [2.75, 3.05) is 6.61 Å². The molecule has 0 saturated carbocycles. The van der Waals surface area contributed by atoms with Crippen LogP contribution in [-0.2, 0) is 33.9 Å². The highest BCUT2D eigenvalue weighted by Crippen LogP contribution is 2.39. The SMILES string of the molecule is C=CCOC(=O)NCc1ccccc1-c1ccc([C@@H]2O[C@H](Cn3cnc(Cl)c3Cl)C[C@H](c3ccc(CO)cc3)O2)cc1. The zero-order valence-electron chi connectivity index (χ0n) is 22.8. The third kappa shape index (κ3) is 7.21. The van der Waals surface area contributed by atoms with E-state index in [2.05, 4.69) is 16.9 Å². The average molecular weight is 609 g/mol. The fraction of sp³-hybridized carbons (Fsp3) is 0.250. The van der Waals surface area contributed by atoms with Crippen molar-refractivity contribution >= 4 is 29.3 Å². The van der Waals surface area contributed by atoms with Crippen LogP contribution in [0.5, 0.6) is 0 Å². The number of aliphatic hydroxyl groups is 1. The molecule has 1 fully saturated rings. The highest BCUT2D eigenvalue weighted by atomic mass is 35.5. The molecule has 10 heteroatoms. The summed E-state index contributed by atoms with van der Waals surface area (Å²) in [5, 5.41) is 12.8. The van der Waals surface area contributed by atoms with Gasteiger partial charge in [-0.05, 0) is 27.8 Å². The number of benzene rings is 3. The summed E-state index contributed by atoms with van der Waals surface area (Å²) in [4.78, 5) is 16.0. The number of aliphatic hydroxyl groups excluding tert-OH is 1. The number of halogens is 2. The fourth-order valence-electron chi connectivity index (χ4n) is 4.85. The van der Waals surface area contributed by atoms with Crippen LogP contribution in [0.25, 0.3) is 11.1 Å². The molecule has 3 aromatic carbocycles. The Kier molecular flexibility index (Phi) is 9.94. The number of imidazole rings is 1. The molecule has 0 aliphatic carbocycles. The summed E-state index contributed by atoms with van der Waals surface area (Å²) >= 11 is 12.4. The largest absolute Gasteiger partial charge is 0.445 e. The molecule has 0 unspecified atom stereocenters. The molecule has 1 saturated heterocycles. The number of ether oxygens (including phenoxy) is 3. The van der Waals surface area contributed by atoms with E-state index in [-0.39, 0.29) is 30.6 Å². The zero-order chi connectivity index (χ0) is 29.5. The van der Waals surface area contributed by atoms with Gasteiger partial charge in [0.2, 0.25) is 0 Å². The van der Waals surface area contributed by atoms with Gasteiger partial charge in [-0.2, -0.15) is 0 Å². The number of hydrogen-bond donors (Lipinski definition) is 2. The number of aromatic nitrogens is 2. The van der Waals surface area contributed by atoms with Crippen LogP contribution in [0.1, 0.15) is 41.1 Å². The zero-order valence-corrected chi connectivity index (χ0v) is 24.3. The minimum absolute atomic E-state index is 0.0228. The van der Waals surface area contributed by atoms with E-state index in [9.17, 15) is 9.90 Å². The van der Waals surface area contributed by atoms with E-state index in [1.807, 2.05) is 72.8 Å². The van der Waals surface area contributed by atoms with Crippen LogP contribution in [0.4, 0.5) is 4.79 Å². The van der Waals surface area contributed by atoms with E-state index in [1.54, 1.807) is 10.9 Å². The van der Waals surface area contributed by atoms with Crippen LogP contribution in [0.2, 0.25) is 10.3 Å². The minimum Gasteiger partial charge on any atom is -0.445 e. The molecule has 2 N–H and O–H groups in total. The molecule has 2 heterocycles. The standard InChI is InChI=1S/C32H31Cl2N3O5/c1-2-15-40-32(39)35-17-25-5-3-4-6-27(25)22-11-13-24(14-12-22)31-41-26(18-37-20-36-29(33)30(37)34)16-28(42-31)23-9-7-21(19-38)8-10-23/h2-14,20,26,28,31,38H,1,15-19H2,(H,35,39)/t26-,28+,31+/m0/s1. The number of alkyl carbamates (subject to hydrolysis) is 1. The molecule has 4 aromatic rings. The van der Waals surface area contributed by atoms with Crippen molar-refractivity contribution in [3.8, 4) is 11.1 Å². The van der Waals surface area contributed by atoms with Crippen molar-refractivity contribution in [3.05, 3.63) is 124 Å². The van der Waals surface area contributed by atoms with Crippen LogP contribution < -0.4 is 5.32 Å². The topological polar surface area (TPSA) is 94.8 Å². The van der Waals surface area contributed by atoms with Gasteiger partial charge in [-0.3, -0.25) is 0 Å². The summed E-state index contributed by atoms with van der Waals surface area (Å²) in [6.45, 7) is 4.46. The van der Waals surface area contributed by atoms with Crippen molar-refractivity contribution in [1.82, 2.24) is 14.9 Å². The molecule has 1 aliphatic heterocycles. The normalized spacial score (nSPS) is 18.4. The Labute approximate surface area is 254 Å². The molecule has 1 amide bonds. The summed E-state index contributed by atoms with van der Waals surface area (Å²) in [5.74, 6) is 0. The van der Waals surface area contributed by atoms with Gasteiger partial charge in [-0.25, -0.2) is 9.78 Å². The molecule has 0 spiro atoms. The first-order valence-corrected chi connectivity index (χ1v) is 14.3. The summed E-state index contributed by atoms with van der Waals surface area (Å²) < 4.78 is 19.7. The first kappa shape index (κ1) is 29.8. The Morgan fingerprint density at radius 1 is 1.07 bits per heavy atom. The minimum atomic E-state index is -0.630. The molecule has 8 nitrogen and oxygen atoms in total. The van der Waals surface area contributed by atoms with Gasteiger partial charge >= 0.3 is 6.09 Å². The van der Waals surface area contributed by atoms with Gasteiger partial charge in [-0.1, -0.05) is 109 Å². The van der Waals surface area contributed by atoms with E-state index in [1.165, 1.54) is 6.08 Å². The number of carbonyl (C=O) groups is 1. The van der Waals surface area contributed by atoms with Crippen molar-refractivity contribution in [1.29, 1.82) is 0 Å². The van der Waals surface area contributed by atoms with Crippen LogP contribution in [0.15, 0.2) is 91.8 Å². The van der Waals surface area contributed by atoms with E-state index in [0.717, 1.165) is 33.4 Å². The molecule has 3 atom stereocenters. The van der Waals surface area contributed by atoms with Crippen LogP contribution in [0, 0.1) is 0 Å². The molecule has 0 radical (unpaired) electrons. The second kappa shape index (κ2) is 14.0. The van der Waals surface area contributed by atoms with Gasteiger partial charge in [0.1, 0.15) is 11.8 Å². The lowest BCUT2D eigenvalue weighted by Crippen LogP contribution is -2.32. The first-order valence-electron chi connectivity index (χ1n) is 13.5. The lowest BCUT2D eigenvalue weighted by atomic mass is 9.97. The maximum atomic E-state index is 11.9. The molecule has 218 valence electrons. The van der Waals surface area contributed by atoms with Crippen molar-refractivity contribution in [2.24, 2.45) is 0 Å². The van der Waals surface area contributed by atoms with Crippen LogP contribution in [-0.4, -0.2) is 33.5 Å². The average Bonchev–Trinajstić information content (AvgIpc) is 3.35. The van der Waals surface area contributed by atoms with Crippen LogP contribution in [0.3, 0.4) is 0 Å². The lowest BCUT2D eigenvalue weighted by Gasteiger charge is -2.36. The van der Waals surface area contributed by atoms with E-state index in [4.69, 9.17) is 37.4 Å². The maximum absolute atomic E-state index is 11.9. The Balaban J connectivity index is 1.36.